The average Bonchev–Trinajstić information content (AvgIpc) is 2.78. The van der Waals surface area contributed by atoms with E-state index in [4.69, 9.17) is 0 Å². The second-order valence-electron chi connectivity index (χ2n) is 4.82. The molecule has 0 aliphatic heterocycles. The summed E-state index contributed by atoms with van der Waals surface area (Å²) in [5.74, 6) is 0.286. The van der Waals surface area contributed by atoms with Gasteiger partial charge in [0.1, 0.15) is 5.75 Å². The summed E-state index contributed by atoms with van der Waals surface area (Å²) in [7, 11) is 1.92. The van der Waals surface area contributed by atoms with Gasteiger partial charge in [0.25, 0.3) is 0 Å². The van der Waals surface area contributed by atoms with Crippen LogP contribution in [-0.4, -0.2) is 21.9 Å². The van der Waals surface area contributed by atoms with Gasteiger partial charge in [0, 0.05) is 11.9 Å². The van der Waals surface area contributed by atoms with E-state index in [9.17, 15) is 5.11 Å². The zero-order valence-electron chi connectivity index (χ0n) is 11.4. The van der Waals surface area contributed by atoms with Gasteiger partial charge in [-0.25, -0.2) is 0 Å². The monoisotopic (exact) mass is 267 g/mol. The summed E-state index contributed by atoms with van der Waals surface area (Å²) in [6.45, 7) is 1.40. The lowest BCUT2D eigenvalue weighted by Crippen LogP contribution is -2.07. The number of aromatic nitrogens is 2. The third-order valence-corrected chi connectivity index (χ3v) is 3.32. The molecule has 0 aliphatic rings. The third kappa shape index (κ3) is 2.38. The number of phenolic OH excluding ortho intramolecular Hbond substituents is 1. The Morgan fingerprint density at radius 3 is 2.80 bits per heavy atom. The maximum absolute atomic E-state index is 9.55. The Labute approximate surface area is 117 Å². The summed E-state index contributed by atoms with van der Waals surface area (Å²) in [6.07, 6.45) is 0. The SMILES string of the molecule is CNCc1nn(Cc2cccc(O)c2)c2ccccc12. The quantitative estimate of drug-likeness (QED) is 0.763. The topological polar surface area (TPSA) is 50.1 Å². The number of nitrogens with zero attached hydrogens (tertiary/aromatic N) is 2. The van der Waals surface area contributed by atoms with Crippen LogP contribution in [0.3, 0.4) is 0 Å². The minimum atomic E-state index is 0.286. The fourth-order valence-corrected chi connectivity index (χ4v) is 2.44. The van der Waals surface area contributed by atoms with Gasteiger partial charge in [-0.1, -0.05) is 30.3 Å². The lowest BCUT2D eigenvalue weighted by molar-refractivity contribution is 0.474. The van der Waals surface area contributed by atoms with Gasteiger partial charge in [0.15, 0.2) is 0 Å². The molecule has 2 N–H and O–H groups in total. The molecule has 2 aromatic carbocycles. The van der Waals surface area contributed by atoms with E-state index in [1.54, 1.807) is 12.1 Å². The van der Waals surface area contributed by atoms with Gasteiger partial charge in [-0.05, 0) is 30.8 Å². The van der Waals surface area contributed by atoms with Crippen LogP contribution in [0.25, 0.3) is 10.9 Å². The molecule has 4 heteroatoms. The first kappa shape index (κ1) is 12.7. The van der Waals surface area contributed by atoms with Crippen molar-refractivity contribution in [3.63, 3.8) is 0 Å². The van der Waals surface area contributed by atoms with Crippen molar-refractivity contribution >= 4 is 10.9 Å². The molecule has 4 nitrogen and oxygen atoms in total. The number of para-hydroxylation sites is 1. The molecule has 102 valence electrons. The van der Waals surface area contributed by atoms with Crippen molar-refractivity contribution in [2.45, 2.75) is 13.1 Å². The summed E-state index contributed by atoms with van der Waals surface area (Å²) in [6, 6.07) is 15.5. The fourth-order valence-electron chi connectivity index (χ4n) is 2.44. The van der Waals surface area contributed by atoms with Crippen molar-refractivity contribution in [3.8, 4) is 5.75 Å². The van der Waals surface area contributed by atoms with Gasteiger partial charge < -0.3 is 10.4 Å². The summed E-state index contributed by atoms with van der Waals surface area (Å²) in [5, 5.41) is 18.5. The van der Waals surface area contributed by atoms with Gasteiger partial charge in [0.05, 0.1) is 17.8 Å². The second-order valence-corrected chi connectivity index (χ2v) is 4.82. The fraction of sp³-hybridized carbons (Fsp3) is 0.188. The van der Waals surface area contributed by atoms with Crippen LogP contribution in [0.4, 0.5) is 0 Å². The Hall–Kier alpha value is -2.33. The molecule has 0 spiro atoms. The highest BCUT2D eigenvalue weighted by molar-refractivity contribution is 5.82. The van der Waals surface area contributed by atoms with Crippen LogP contribution in [0.15, 0.2) is 48.5 Å². The summed E-state index contributed by atoms with van der Waals surface area (Å²) < 4.78 is 1.98. The Kier molecular flexibility index (Phi) is 3.39. The summed E-state index contributed by atoms with van der Waals surface area (Å²) >= 11 is 0. The molecule has 0 amide bonds. The minimum Gasteiger partial charge on any atom is -0.508 e. The predicted molar refractivity (Wildman–Crippen MR) is 79.7 cm³/mol. The number of nitrogens with one attached hydrogen (secondary N) is 1. The molecule has 0 atom stereocenters. The molecule has 1 aromatic heterocycles. The number of benzene rings is 2. The van der Waals surface area contributed by atoms with Crippen molar-refractivity contribution < 1.29 is 5.11 Å². The highest BCUT2D eigenvalue weighted by Gasteiger charge is 2.09. The van der Waals surface area contributed by atoms with E-state index >= 15 is 0 Å². The van der Waals surface area contributed by atoms with Crippen LogP contribution >= 0.6 is 0 Å². The van der Waals surface area contributed by atoms with Gasteiger partial charge in [0.2, 0.25) is 0 Å². The van der Waals surface area contributed by atoms with E-state index in [1.165, 1.54) is 5.39 Å². The normalized spacial score (nSPS) is 11.1. The van der Waals surface area contributed by atoms with Crippen molar-refractivity contribution in [2.24, 2.45) is 0 Å². The molecule has 0 unspecified atom stereocenters. The Morgan fingerprint density at radius 2 is 2.00 bits per heavy atom. The van der Waals surface area contributed by atoms with E-state index in [0.717, 1.165) is 23.3 Å². The molecule has 1 heterocycles. The number of fused-ring (bicyclic) bond motifs is 1. The van der Waals surface area contributed by atoms with Crippen molar-refractivity contribution in [2.75, 3.05) is 7.05 Å². The molecule has 3 aromatic rings. The minimum absolute atomic E-state index is 0.286. The second kappa shape index (κ2) is 5.35. The van der Waals surface area contributed by atoms with Crippen molar-refractivity contribution in [1.82, 2.24) is 15.1 Å². The number of rotatable bonds is 4. The Bertz CT molecular complexity index is 733. The van der Waals surface area contributed by atoms with Gasteiger partial charge >= 0.3 is 0 Å². The molecule has 0 radical (unpaired) electrons. The van der Waals surface area contributed by atoms with E-state index in [-0.39, 0.29) is 5.75 Å². The molecule has 3 rings (SSSR count). The van der Waals surface area contributed by atoms with E-state index in [1.807, 2.05) is 36.0 Å². The van der Waals surface area contributed by atoms with Crippen LogP contribution in [0.5, 0.6) is 5.75 Å². The number of aromatic hydroxyl groups is 1. The number of phenols is 1. The first-order chi connectivity index (χ1) is 9.78. The highest BCUT2D eigenvalue weighted by Crippen LogP contribution is 2.20. The Morgan fingerprint density at radius 1 is 1.15 bits per heavy atom. The highest BCUT2D eigenvalue weighted by atomic mass is 16.3. The van der Waals surface area contributed by atoms with Gasteiger partial charge in [-0.15, -0.1) is 0 Å². The molecule has 20 heavy (non-hydrogen) atoms. The molecular weight excluding hydrogens is 250 g/mol. The van der Waals surface area contributed by atoms with Crippen LogP contribution in [0.2, 0.25) is 0 Å². The van der Waals surface area contributed by atoms with Crippen molar-refractivity contribution in [1.29, 1.82) is 0 Å². The molecular formula is C16H17N3O. The summed E-state index contributed by atoms with van der Waals surface area (Å²) in [4.78, 5) is 0. The number of hydrogen-bond acceptors (Lipinski definition) is 3. The zero-order chi connectivity index (χ0) is 13.9. The van der Waals surface area contributed by atoms with Crippen LogP contribution in [-0.2, 0) is 13.1 Å². The summed E-state index contributed by atoms with van der Waals surface area (Å²) in [5.41, 5.74) is 3.19. The Balaban J connectivity index is 2.03. The van der Waals surface area contributed by atoms with Gasteiger partial charge in [-0.3, -0.25) is 4.68 Å². The van der Waals surface area contributed by atoms with Gasteiger partial charge in [-0.2, -0.15) is 5.10 Å². The van der Waals surface area contributed by atoms with Crippen LogP contribution in [0.1, 0.15) is 11.3 Å². The zero-order valence-corrected chi connectivity index (χ0v) is 11.4. The van der Waals surface area contributed by atoms with E-state index in [0.29, 0.717) is 6.54 Å². The third-order valence-electron chi connectivity index (χ3n) is 3.32. The lowest BCUT2D eigenvalue weighted by atomic mass is 10.2. The first-order valence-corrected chi connectivity index (χ1v) is 6.65. The molecule has 0 fully saturated rings. The van der Waals surface area contributed by atoms with E-state index in [2.05, 4.69) is 22.5 Å². The van der Waals surface area contributed by atoms with E-state index < -0.39 is 0 Å². The maximum Gasteiger partial charge on any atom is 0.115 e. The van der Waals surface area contributed by atoms with Crippen molar-refractivity contribution in [3.05, 3.63) is 59.8 Å². The first-order valence-electron chi connectivity index (χ1n) is 6.65. The number of hydrogen-bond donors (Lipinski definition) is 2. The molecule has 0 aliphatic carbocycles. The van der Waals surface area contributed by atoms with Crippen LogP contribution < -0.4 is 5.32 Å². The molecule has 0 saturated heterocycles. The predicted octanol–water partition coefficient (Wildman–Crippen LogP) is 2.51. The maximum atomic E-state index is 9.55. The largest absolute Gasteiger partial charge is 0.508 e. The average molecular weight is 267 g/mol. The molecule has 0 bridgehead atoms. The molecule has 0 saturated carbocycles. The van der Waals surface area contributed by atoms with Crippen LogP contribution in [0, 0.1) is 0 Å². The standard InChI is InChI=1S/C16H17N3O/c1-17-10-15-14-7-2-3-8-16(14)19(18-15)11-12-5-4-6-13(20)9-12/h2-9,17,20H,10-11H2,1H3. The lowest BCUT2D eigenvalue weighted by Gasteiger charge is -2.04. The smallest absolute Gasteiger partial charge is 0.115 e.